The van der Waals surface area contributed by atoms with E-state index >= 15 is 0 Å². The fourth-order valence-electron chi connectivity index (χ4n) is 1.77. The Morgan fingerprint density at radius 3 is 2.58 bits per heavy atom. The van der Waals surface area contributed by atoms with E-state index in [1.807, 2.05) is 19.1 Å². The van der Waals surface area contributed by atoms with Crippen molar-refractivity contribution in [2.75, 3.05) is 11.4 Å². The van der Waals surface area contributed by atoms with E-state index in [9.17, 15) is 8.42 Å². The maximum Gasteiger partial charge on any atom is 0.265 e. The van der Waals surface area contributed by atoms with Crippen molar-refractivity contribution >= 4 is 15.8 Å². The Kier molecular flexibility index (Phi) is 3.80. The zero-order chi connectivity index (χ0) is 13.9. The van der Waals surface area contributed by atoms with E-state index in [1.54, 1.807) is 12.1 Å². The number of rotatable bonds is 4. The van der Waals surface area contributed by atoms with Crippen molar-refractivity contribution in [3.8, 4) is 0 Å². The van der Waals surface area contributed by atoms with E-state index in [1.165, 1.54) is 25.6 Å². The lowest BCUT2D eigenvalue weighted by molar-refractivity contribution is 0.592. The fraction of sp³-hybridized carbons (Fsp3) is 0.231. The van der Waals surface area contributed by atoms with Gasteiger partial charge in [0.05, 0.1) is 11.1 Å². The first-order valence-electron chi connectivity index (χ1n) is 5.90. The van der Waals surface area contributed by atoms with Crippen LogP contribution in [0.3, 0.4) is 0 Å². The standard InChI is InChI=1S/C13H15N3O2S/c1-3-11-6-4-5-7-12(11)19(17,18)16(2)13-10-14-8-9-15-13/h4-10H,3H2,1-2H3. The molecule has 2 rings (SSSR count). The molecule has 100 valence electrons. The molecule has 0 aliphatic carbocycles. The van der Waals surface area contributed by atoms with E-state index in [-0.39, 0.29) is 0 Å². The zero-order valence-corrected chi connectivity index (χ0v) is 11.6. The Hall–Kier alpha value is -1.95. The van der Waals surface area contributed by atoms with Crippen LogP contribution >= 0.6 is 0 Å². The molecule has 1 aromatic heterocycles. The fourth-order valence-corrected chi connectivity index (χ4v) is 3.20. The minimum absolute atomic E-state index is 0.299. The first-order valence-corrected chi connectivity index (χ1v) is 7.34. The van der Waals surface area contributed by atoms with Gasteiger partial charge in [0, 0.05) is 19.4 Å². The van der Waals surface area contributed by atoms with Gasteiger partial charge in [-0.05, 0) is 18.1 Å². The second kappa shape index (κ2) is 5.36. The summed E-state index contributed by atoms with van der Waals surface area (Å²) in [6.07, 6.45) is 5.05. The summed E-state index contributed by atoms with van der Waals surface area (Å²) in [6, 6.07) is 6.98. The molecule has 0 amide bonds. The number of aryl methyl sites for hydroxylation is 1. The molecule has 0 N–H and O–H groups in total. The van der Waals surface area contributed by atoms with Gasteiger partial charge in [0.2, 0.25) is 0 Å². The molecule has 0 fully saturated rings. The Bertz CT molecular complexity index is 657. The van der Waals surface area contributed by atoms with Gasteiger partial charge in [0.25, 0.3) is 10.0 Å². The molecule has 5 nitrogen and oxygen atoms in total. The number of aromatic nitrogens is 2. The Morgan fingerprint density at radius 1 is 1.21 bits per heavy atom. The quantitative estimate of drug-likeness (QED) is 0.855. The average Bonchev–Trinajstić information content (AvgIpc) is 2.47. The number of hydrogen-bond donors (Lipinski definition) is 0. The van der Waals surface area contributed by atoms with Gasteiger partial charge < -0.3 is 0 Å². The van der Waals surface area contributed by atoms with E-state index < -0.39 is 10.0 Å². The van der Waals surface area contributed by atoms with Gasteiger partial charge in [-0.3, -0.25) is 9.29 Å². The van der Waals surface area contributed by atoms with Gasteiger partial charge in [0.1, 0.15) is 0 Å². The van der Waals surface area contributed by atoms with Gasteiger partial charge >= 0.3 is 0 Å². The van der Waals surface area contributed by atoms with Gasteiger partial charge in [-0.25, -0.2) is 13.4 Å². The zero-order valence-electron chi connectivity index (χ0n) is 10.8. The lowest BCUT2D eigenvalue weighted by Gasteiger charge is -2.19. The van der Waals surface area contributed by atoms with E-state index in [0.29, 0.717) is 17.1 Å². The summed E-state index contributed by atoms with van der Waals surface area (Å²) in [4.78, 5) is 8.21. The molecule has 19 heavy (non-hydrogen) atoms. The summed E-state index contributed by atoms with van der Waals surface area (Å²) in [5.74, 6) is 0.299. The second-order valence-electron chi connectivity index (χ2n) is 4.00. The third-order valence-electron chi connectivity index (χ3n) is 2.86. The highest BCUT2D eigenvalue weighted by atomic mass is 32.2. The summed E-state index contributed by atoms with van der Waals surface area (Å²) >= 11 is 0. The molecule has 0 aliphatic rings. The molecule has 6 heteroatoms. The molecule has 1 aromatic carbocycles. The van der Waals surface area contributed by atoms with Crippen molar-refractivity contribution in [1.82, 2.24) is 9.97 Å². The first kappa shape index (κ1) is 13.5. The van der Waals surface area contributed by atoms with Crippen molar-refractivity contribution in [3.63, 3.8) is 0 Å². The monoisotopic (exact) mass is 277 g/mol. The van der Waals surface area contributed by atoms with Crippen molar-refractivity contribution < 1.29 is 8.42 Å². The van der Waals surface area contributed by atoms with Crippen molar-refractivity contribution in [1.29, 1.82) is 0 Å². The van der Waals surface area contributed by atoms with Crippen LogP contribution < -0.4 is 4.31 Å². The molecule has 0 aliphatic heterocycles. The van der Waals surface area contributed by atoms with Gasteiger partial charge in [-0.1, -0.05) is 25.1 Å². The van der Waals surface area contributed by atoms with Crippen LogP contribution in [-0.4, -0.2) is 25.4 Å². The number of benzene rings is 1. The number of nitrogens with zero attached hydrogens (tertiary/aromatic N) is 3. The smallest absolute Gasteiger partial charge is 0.259 e. The summed E-state index contributed by atoms with van der Waals surface area (Å²) < 4.78 is 26.3. The molecule has 1 heterocycles. The maximum absolute atomic E-state index is 12.6. The minimum Gasteiger partial charge on any atom is -0.259 e. The van der Waals surface area contributed by atoms with E-state index in [0.717, 1.165) is 9.87 Å². The minimum atomic E-state index is -3.60. The average molecular weight is 277 g/mol. The molecule has 0 atom stereocenters. The SMILES string of the molecule is CCc1ccccc1S(=O)(=O)N(C)c1cnccn1. The molecular formula is C13H15N3O2S. The molecule has 0 saturated carbocycles. The number of sulfonamides is 1. The lowest BCUT2D eigenvalue weighted by atomic mass is 10.2. The lowest BCUT2D eigenvalue weighted by Crippen LogP contribution is -2.28. The van der Waals surface area contributed by atoms with E-state index in [2.05, 4.69) is 9.97 Å². The number of anilines is 1. The normalized spacial score (nSPS) is 11.3. The van der Waals surface area contributed by atoms with E-state index in [4.69, 9.17) is 0 Å². The van der Waals surface area contributed by atoms with Crippen LogP contribution in [0.1, 0.15) is 12.5 Å². The van der Waals surface area contributed by atoms with Crippen LogP contribution in [0, 0.1) is 0 Å². The summed E-state index contributed by atoms with van der Waals surface area (Å²) in [5.41, 5.74) is 0.790. The Morgan fingerprint density at radius 2 is 1.95 bits per heavy atom. The highest BCUT2D eigenvalue weighted by Crippen LogP contribution is 2.22. The predicted molar refractivity (Wildman–Crippen MR) is 73.4 cm³/mol. The number of hydrogen-bond acceptors (Lipinski definition) is 4. The highest BCUT2D eigenvalue weighted by molar-refractivity contribution is 7.92. The second-order valence-corrected chi connectivity index (χ2v) is 5.94. The Labute approximate surface area is 113 Å². The van der Waals surface area contributed by atoms with Crippen LogP contribution in [0.4, 0.5) is 5.82 Å². The summed E-state index contributed by atoms with van der Waals surface area (Å²) in [5, 5.41) is 0. The van der Waals surface area contributed by atoms with Crippen LogP contribution in [0.2, 0.25) is 0 Å². The molecular weight excluding hydrogens is 262 g/mol. The molecule has 0 saturated heterocycles. The highest BCUT2D eigenvalue weighted by Gasteiger charge is 2.24. The molecule has 2 aromatic rings. The topological polar surface area (TPSA) is 63.2 Å². The third kappa shape index (κ3) is 2.58. The summed E-state index contributed by atoms with van der Waals surface area (Å²) in [6.45, 7) is 1.93. The first-order chi connectivity index (χ1) is 9.07. The van der Waals surface area contributed by atoms with Gasteiger partial charge in [-0.2, -0.15) is 0 Å². The van der Waals surface area contributed by atoms with Crippen molar-refractivity contribution in [3.05, 3.63) is 48.4 Å². The molecule has 0 unspecified atom stereocenters. The van der Waals surface area contributed by atoms with Gasteiger partial charge in [0.15, 0.2) is 5.82 Å². The van der Waals surface area contributed by atoms with Crippen LogP contribution in [0.25, 0.3) is 0 Å². The van der Waals surface area contributed by atoms with Crippen LogP contribution in [0.15, 0.2) is 47.8 Å². The van der Waals surface area contributed by atoms with Crippen molar-refractivity contribution in [2.24, 2.45) is 0 Å². The van der Waals surface area contributed by atoms with Crippen LogP contribution in [-0.2, 0) is 16.4 Å². The molecule has 0 radical (unpaired) electrons. The third-order valence-corrected chi connectivity index (χ3v) is 4.73. The van der Waals surface area contributed by atoms with Crippen molar-refractivity contribution in [2.45, 2.75) is 18.2 Å². The Balaban J connectivity index is 2.48. The van der Waals surface area contributed by atoms with Crippen LogP contribution in [0.5, 0.6) is 0 Å². The summed E-state index contributed by atoms with van der Waals surface area (Å²) in [7, 11) is -2.13. The maximum atomic E-state index is 12.6. The molecule has 0 spiro atoms. The predicted octanol–water partition coefficient (Wildman–Crippen LogP) is 1.86. The molecule has 0 bridgehead atoms. The largest absolute Gasteiger partial charge is 0.265 e. The van der Waals surface area contributed by atoms with Gasteiger partial charge in [-0.15, -0.1) is 0 Å².